The molecular weight excluding hydrogens is 339 g/mol. The third-order valence-corrected chi connectivity index (χ3v) is 6.01. The Labute approximate surface area is 148 Å². The molecule has 0 spiro atoms. The van der Waals surface area contributed by atoms with E-state index in [1.165, 1.54) is 6.07 Å². The van der Waals surface area contributed by atoms with Crippen LogP contribution in [0.1, 0.15) is 43.2 Å². The van der Waals surface area contributed by atoms with Crippen molar-refractivity contribution in [3.05, 3.63) is 59.4 Å². The standard InChI is InChI=1S/C19H23FN2O2S/c1-13(2)14-3-6-17(7-4-14)25(23,24)22-16-5-8-18(19(20)11-16)15-9-10-21-12-15/h3-8,11,13,15,21-22H,9-10,12H2,1-2H3. The van der Waals surface area contributed by atoms with Gasteiger partial charge in [-0.2, -0.15) is 0 Å². The summed E-state index contributed by atoms with van der Waals surface area (Å²) in [5, 5.41) is 3.21. The molecule has 134 valence electrons. The Bertz CT molecular complexity index is 842. The largest absolute Gasteiger partial charge is 0.316 e. The Hall–Kier alpha value is -1.92. The van der Waals surface area contributed by atoms with Crippen molar-refractivity contribution in [2.24, 2.45) is 0 Å². The predicted octanol–water partition coefficient (Wildman–Crippen LogP) is 3.83. The molecule has 0 aliphatic carbocycles. The molecule has 1 atom stereocenters. The molecule has 1 aliphatic rings. The second kappa shape index (κ2) is 7.14. The lowest BCUT2D eigenvalue weighted by molar-refractivity contribution is 0.588. The number of anilines is 1. The number of rotatable bonds is 5. The van der Waals surface area contributed by atoms with Gasteiger partial charge in [-0.25, -0.2) is 12.8 Å². The van der Waals surface area contributed by atoms with E-state index in [0.717, 1.165) is 25.1 Å². The minimum atomic E-state index is -3.73. The van der Waals surface area contributed by atoms with Crippen molar-refractivity contribution in [3.63, 3.8) is 0 Å². The van der Waals surface area contributed by atoms with E-state index in [1.807, 2.05) is 13.8 Å². The van der Waals surface area contributed by atoms with Crippen LogP contribution in [0.3, 0.4) is 0 Å². The zero-order chi connectivity index (χ0) is 18.0. The highest BCUT2D eigenvalue weighted by molar-refractivity contribution is 7.92. The van der Waals surface area contributed by atoms with Crippen LogP contribution in [-0.2, 0) is 10.0 Å². The van der Waals surface area contributed by atoms with Gasteiger partial charge in [0, 0.05) is 12.5 Å². The van der Waals surface area contributed by atoms with Crippen molar-refractivity contribution in [1.82, 2.24) is 5.32 Å². The Morgan fingerprint density at radius 2 is 1.88 bits per heavy atom. The van der Waals surface area contributed by atoms with E-state index in [1.54, 1.807) is 36.4 Å². The predicted molar refractivity (Wildman–Crippen MR) is 98.0 cm³/mol. The molecule has 0 bridgehead atoms. The number of hydrogen-bond donors (Lipinski definition) is 2. The molecule has 3 rings (SSSR count). The van der Waals surface area contributed by atoms with Gasteiger partial charge in [0.25, 0.3) is 10.0 Å². The molecule has 1 unspecified atom stereocenters. The molecule has 25 heavy (non-hydrogen) atoms. The maximum absolute atomic E-state index is 14.4. The molecule has 1 fully saturated rings. The topological polar surface area (TPSA) is 58.2 Å². The number of sulfonamides is 1. The average molecular weight is 362 g/mol. The third-order valence-electron chi connectivity index (χ3n) is 4.61. The minimum Gasteiger partial charge on any atom is -0.316 e. The van der Waals surface area contributed by atoms with Crippen LogP contribution in [0.15, 0.2) is 47.4 Å². The Balaban J connectivity index is 1.79. The van der Waals surface area contributed by atoms with E-state index in [2.05, 4.69) is 10.0 Å². The second-order valence-electron chi connectivity index (χ2n) is 6.76. The highest BCUT2D eigenvalue weighted by Gasteiger charge is 2.21. The van der Waals surface area contributed by atoms with Gasteiger partial charge < -0.3 is 5.32 Å². The van der Waals surface area contributed by atoms with Crippen molar-refractivity contribution in [2.45, 2.75) is 37.0 Å². The number of halogens is 1. The SMILES string of the molecule is CC(C)c1ccc(S(=O)(=O)Nc2ccc(C3CCNC3)c(F)c2)cc1. The Kier molecular flexibility index (Phi) is 5.11. The zero-order valence-electron chi connectivity index (χ0n) is 14.4. The summed E-state index contributed by atoms with van der Waals surface area (Å²) < 4.78 is 41.8. The van der Waals surface area contributed by atoms with Gasteiger partial charge in [-0.05, 0) is 54.3 Å². The molecule has 4 nitrogen and oxygen atoms in total. The number of benzene rings is 2. The van der Waals surface area contributed by atoms with Crippen LogP contribution in [0.4, 0.5) is 10.1 Å². The van der Waals surface area contributed by atoms with Crippen molar-refractivity contribution in [1.29, 1.82) is 0 Å². The normalized spacial score (nSPS) is 17.8. The van der Waals surface area contributed by atoms with E-state index in [4.69, 9.17) is 0 Å². The molecule has 1 aliphatic heterocycles. The van der Waals surface area contributed by atoms with E-state index in [9.17, 15) is 12.8 Å². The van der Waals surface area contributed by atoms with Gasteiger partial charge in [-0.1, -0.05) is 32.0 Å². The summed E-state index contributed by atoms with van der Waals surface area (Å²) in [6, 6.07) is 11.3. The van der Waals surface area contributed by atoms with Crippen LogP contribution in [0.5, 0.6) is 0 Å². The summed E-state index contributed by atoms with van der Waals surface area (Å²) in [7, 11) is -3.73. The molecule has 0 radical (unpaired) electrons. The lowest BCUT2D eigenvalue weighted by Gasteiger charge is -2.13. The summed E-state index contributed by atoms with van der Waals surface area (Å²) >= 11 is 0. The molecule has 2 N–H and O–H groups in total. The van der Waals surface area contributed by atoms with Gasteiger partial charge in [-0.3, -0.25) is 4.72 Å². The van der Waals surface area contributed by atoms with E-state index < -0.39 is 10.0 Å². The van der Waals surface area contributed by atoms with Crippen molar-refractivity contribution in [2.75, 3.05) is 17.8 Å². The average Bonchev–Trinajstić information content (AvgIpc) is 3.09. The highest BCUT2D eigenvalue weighted by Crippen LogP contribution is 2.28. The van der Waals surface area contributed by atoms with E-state index in [-0.39, 0.29) is 22.3 Å². The molecule has 1 saturated heterocycles. The molecule has 0 amide bonds. The lowest BCUT2D eigenvalue weighted by Crippen LogP contribution is -2.14. The number of nitrogens with one attached hydrogen (secondary N) is 2. The maximum atomic E-state index is 14.4. The van der Waals surface area contributed by atoms with Gasteiger partial charge in [0.05, 0.1) is 10.6 Å². The van der Waals surface area contributed by atoms with Crippen LogP contribution < -0.4 is 10.0 Å². The Morgan fingerprint density at radius 3 is 2.44 bits per heavy atom. The fourth-order valence-electron chi connectivity index (χ4n) is 3.09. The van der Waals surface area contributed by atoms with Gasteiger partial charge in [0.2, 0.25) is 0 Å². The first kappa shape index (κ1) is 17.9. The van der Waals surface area contributed by atoms with Gasteiger partial charge >= 0.3 is 0 Å². The summed E-state index contributed by atoms with van der Waals surface area (Å²) in [5.74, 6) is 0.106. The van der Waals surface area contributed by atoms with E-state index >= 15 is 0 Å². The van der Waals surface area contributed by atoms with Crippen LogP contribution in [0.25, 0.3) is 0 Å². The van der Waals surface area contributed by atoms with E-state index in [0.29, 0.717) is 11.5 Å². The zero-order valence-corrected chi connectivity index (χ0v) is 15.2. The summed E-state index contributed by atoms with van der Waals surface area (Å²) in [5.41, 5.74) is 1.94. The second-order valence-corrected chi connectivity index (χ2v) is 8.44. The van der Waals surface area contributed by atoms with Crippen molar-refractivity contribution in [3.8, 4) is 0 Å². The first-order valence-corrected chi connectivity index (χ1v) is 9.98. The van der Waals surface area contributed by atoms with Crippen LogP contribution in [0.2, 0.25) is 0 Å². The summed E-state index contributed by atoms with van der Waals surface area (Å²) in [6.45, 7) is 5.73. The quantitative estimate of drug-likeness (QED) is 0.850. The molecular formula is C19H23FN2O2S. The van der Waals surface area contributed by atoms with Gasteiger partial charge in [0.15, 0.2) is 0 Å². The molecule has 1 heterocycles. The maximum Gasteiger partial charge on any atom is 0.261 e. The molecule has 6 heteroatoms. The smallest absolute Gasteiger partial charge is 0.261 e. The van der Waals surface area contributed by atoms with Crippen LogP contribution in [0, 0.1) is 5.82 Å². The minimum absolute atomic E-state index is 0.147. The highest BCUT2D eigenvalue weighted by atomic mass is 32.2. The van der Waals surface area contributed by atoms with Crippen molar-refractivity contribution < 1.29 is 12.8 Å². The fraction of sp³-hybridized carbons (Fsp3) is 0.368. The molecule has 0 aromatic heterocycles. The fourth-order valence-corrected chi connectivity index (χ4v) is 4.14. The monoisotopic (exact) mass is 362 g/mol. The molecule has 0 saturated carbocycles. The van der Waals surface area contributed by atoms with Gasteiger partial charge in [-0.15, -0.1) is 0 Å². The lowest BCUT2D eigenvalue weighted by atomic mass is 9.98. The van der Waals surface area contributed by atoms with Crippen molar-refractivity contribution >= 4 is 15.7 Å². The third kappa shape index (κ3) is 4.02. The summed E-state index contributed by atoms with van der Waals surface area (Å²) in [4.78, 5) is 0.168. The van der Waals surface area contributed by atoms with Gasteiger partial charge in [0.1, 0.15) is 5.82 Å². The molecule has 2 aromatic rings. The summed E-state index contributed by atoms with van der Waals surface area (Å²) in [6.07, 6.45) is 0.893. The van der Waals surface area contributed by atoms with Crippen LogP contribution in [-0.4, -0.2) is 21.5 Å². The first-order valence-electron chi connectivity index (χ1n) is 8.50. The Morgan fingerprint density at radius 1 is 1.16 bits per heavy atom. The molecule has 2 aromatic carbocycles. The number of hydrogen-bond acceptors (Lipinski definition) is 3. The van der Waals surface area contributed by atoms with Crippen LogP contribution >= 0.6 is 0 Å². The first-order chi connectivity index (χ1) is 11.9.